The van der Waals surface area contributed by atoms with Gasteiger partial charge >= 0.3 is 0 Å². The van der Waals surface area contributed by atoms with Crippen LogP contribution in [0.4, 0.5) is 0 Å². The quantitative estimate of drug-likeness (QED) is 0.513. The van der Waals surface area contributed by atoms with Gasteiger partial charge in [0.15, 0.2) is 23.0 Å². The number of benzene rings is 2. The fourth-order valence-corrected chi connectivity index (χ4v) is 4.34. The molecule has 0 aliphatic rings. The van der Waals surface area contributed by atoms with Crippen LogP contribution in [-0.2, 0) is 9.05 Å². The van der Waals surface area contributed by atoms with E-state index in [1.807, 2.05) is 18.2 Å². The largest absolute Gasteiger partial charge is 0.493 e. The van der Waals surface area contributed by atoms with Crippen molar-refractivity contribution in [2.75, 3.05) is 28.4 Å². The van der Waals surface area contributed by atoms with Crippen LogP contribution in [0, 0.1) is 0 Å². The van der Waals surface area contributed by atoms with E-state index in [0.29, 0.717) is 16.0 Å². The maximum atomic E-state index is 11.2. The molecular weight excluding hydrogens is 515 g/mol. The average Bonchev–Trinajstić information content (AvgIpc) is 2.60. The van der Waals surface area contributed by atoms with Gasteiger partial charge < -0.3 is 18.9 Å². The first-order valence-electron chi connectivity index (χ1n) is 6.91. The summed E-state index contributed by atoms with van der Waals surface area (Å²) in [6.45, 7) is 0. The van der Waals surface area contributed by atoms with Gasteiger partial charge in [-0.15, -0.1) is 0 Å². The molecule has 0 bridgehead atoms. The molecule has 2 aromatic carbocycles. The standard InChI is InChI=1S/C8H8BrClO4S.C8H9BrO2/c1-13-6-3-5(9)8(15(10,11)12)4-7(6)14-2;1-10-7-4-3-6(9)5-8(7)11-2/h3-4H,1-2H3;3-5H,1-2H3. The van der Waals surface area contributed by atoms with Crippen molar-refractivity contribution in [2.24, 2.45) is 0 Å². The Balaban J connectivity index is 0.000000273. The minimum absolute atomic E-state index is 0.0539. The Labute approximate surface area is 174 Å². The molecule has 0 radical (unpaired) electrons. The van der Waals surface area contributed by atoms with Gasteiger partial charge in [0.25, 0.3) is 9.05 Å². The Bertz CT molecular complexity index is 858. The molecule has 0 saturated heterocycles. The maximum Gasteiger partial charge on any atom is 0.262 e. The molecule has 0 atom stereocenters. The van der Waals surface area contributed by atoms with Crippen LogP contribution in [0.15, 0.2) is 44.2 Å². The van der Waals surface area contributed by atoms with Crippen molar-refractivity contribution in [2.45, 2.75) is 4.90 Å². The monoisotopic (exact) mass is 530 g/mol. The Hall–Kier alpha value is -1.16. The van der Waals surface area contributed by atoms with Crippen LogP contribution < -0.4 is 18.9 Å². The Morgan fingerprint density at radius 1 is 0.769 bits per heavy atom. The van der Waals surface area contributed by atoms with Gasteiger partial charge in [0.1, 0.15) is 4.90 Å². The lowest BCUT2D eigenvalue weighted by molar-refractivity contribution is 0.353. The van der Waals surface area contributed by atoms with E-state index in [1.54, 1.807) is 14.2 Å². The predicted molar refractivity (Wildman–Crippen MR) is 108 cm³/mol. The molecule has 0 aliphatic carbocycles. The molecule has 0 spiro atoms. The highest BCUT2D eigenvalue weighted by atomic mass is 79.9. The van der Waals surface area contributed by atoms with Crippen molar-refractivity contribution in [1.29, 1.82) is 0 Å². The topological polar surface area (TPSA) is 71.1 Å². The molecule has 0 aliphatic heterocycles. The number of methoxy groups -OCH3 is 4. The van der Waals surface area contributed by atoms with Gasteiger partial charge in [-0.2, -0.15) is 0 Å². The van der Waals surface area contributed by atoms with E-state index in [-0.39, 0.29) is 4.90 Å². The van der Waals surface area contributed by atoms with Gasteiger partial charge in [-0.25, -0.2) is 8.42 Å². The minimum Gasteiger partial charge on any atom is -0.493 e. The highest BCUT2D eigenvalue weighted by Crippen LogP contribution is 2.36. The smallest absolute Gasteiger partial charge is 0.262 e. The van der Waals surface area contributed by atoms with Gasteiger partial charge in [0.05, 0.1) is 28.4 Å². The number of hydrogen-bond donors (Lipinski definition) is 0. The molecule has 6 nitrogen and oxygen atoms in total. The van der Waals surface area contributed by atoms with Gasteiger partial charge in [0, 0.05) is 25.7 Å². The third-order valence-electron chi connectivity index (χ3n) is 3.05. The summed E-state index contributed by atoms with van der Waals surface area (Å²) >= 11 is 6.42. The predicted octanol–water partition coefficient (Wildman–Crippen LogP) is 4.86. The molecule has 2 rings (SSSR count). The number of ether oxygens (including phenoxy) is 4. The fourth-order valence-electron chi connectivity index (χ4n) is 1.83. The summed E-state index contributed by atoms with van der Waals surface area (Å²) in [6.07, 6.45) is 0. The number of hydrogen-bond acceptors (Lipinski definition) is 6. The summed E-state index contributed by atoms with van der Waals surface area (Å²) in [6, 6.07) is 8.39. The van der Waals surface area contributed by atoms with Gasteiger partial charge in [-0.05, 0) is 40.2 Å². The van der Waals surface area contributed by atoms with Gasteiger partial charge in [-0.3, -0.25) is 0 Å². The molecule has 10 heteroatoms. The van der Waals surface area contributed by atoms with E-state index >= 15 is 0 Å². The number of halogens is 3. The van der Waals surface area contributed by atoms with Crippen molar-refractivity contribution in [3.05, 3.63) is 39.3 Å². The van der Waals surface area contributed by atoms with E-state index in [1.165, 1.54) is 26.4 Å². The van der Waals surface area contributed by atoms with Crippen LogP contribution in [0.1, 0.15) is 0 Å². The maximum absolute atomic E-state index is 11.2. The minimum atomic E-state index is -3.80. The fraction of sp³-hybridized carbons (Fsp3) is 0.250. The molecule has 26 heavy (non-hydrogen) atoms. The van der Waals surface area contributed by atoms with Gasteiger partial charge in [0.2, 0.25) is 0 Å². The van der Waals surface area contributed by atoms with Crippen LogP contribution in [-0.4, -0.2) is 36.9 Å². The highest BCUT2D eigenvalue weighted by molar-refractivity contribution is 9.10. The second kappa shape index (κ2) is 10.2. The second-order valence-electron chi connectivity index (χ2n) is 4.57. The van der Waals surface area contributed by atoms with Crippen LogP contribution in [0.5, 0.6) is 23.0 Å². The molecule has 2 aromatic rings. The molecule has 0 aromatic heterocycles. The average molecular weight is 533 g/mol. The lowest BCUT2D eigenvalue weighted by Crippen LogP contribution is -1.96. The van der Waals surface area contributed by atoms with Crippen LogP contribution in [0.3, 0.4) is 0 Å². The van der Waals surface area contributed by atoms with E-state index < -0.39 is 9.05 Å². The Morgan fingerprint density at radius 3 is 1.69 bits per heavy atom. The van der Waals surface area contributed by atoms with E-state index in [0.717, 1.165) is 16.0 Å². The molecule has 0 unspecified atom stereocenters. The lowest BCUT2D eigenvalue weighted by Gasteiger charge is -2.09. The van der Waals surface area contributed by atoms with Crippen molar-refractivity contribution in [1.82, 2.24) is 0 Å². The summed E-state index contributed by atoms with van der Waals surface area (Å²) in [5.74, 6) is 2.21. The third kappa shape index (κ3) is 6.22. The Morgan fingerprint density at radius 2 is 1.23 bits per heavy atom. The van der Waals surface area contributed by atoms with Crippen LogP contribution >= 0.6 is 42.5 Å². The summed E-state index contributed by atoms with van der Waals surface area (Å²) in [4.78, 5) is -0.0539. The molecular formula is C16H17Br2ClO6S. The van der Waals surface area contributed by atoms with Gasteiger partial charge in [-0.1, -0.05) is 15.9 Å². The zero-order valence-electron chi connectivity index (χ0n) is 14.4. The van der Waals surface area contributed by atoms with E-state index in [4.69, 9.17) is 29.6 Å². The summed E-state index contributed by atoms with van der Waals surface area (Å²) in [5, 5.41) is 0. The molecule has 0 fully saturated rings. The molecule has 0 amide bonds. The lowest BCUT2D eigenvalue weighted by atomic mass is 10.3. The first kappa shape index (κ1) is 22.9. The highest BCUT2D eigenvalue weighted by Gasteiger charge is 2.18. The van der Waals surface area contributed by atoms with Crippen molar-refractivity contribution < 1.29 is 27.4 Å². The molecule has 0 saturated carbocycles. The van der Waals surface area contributed by atoms with Crippen LogP contribution in [0.2, 0.25) is 0 Å². The van der Waals surface area contributed by atoms with E-state index in [2.05, 4.69) is 31.9 Å². The SMILES string of the molecule is COc1cc(Br)c(S(=O)(=O)Cl)cc1OC.COc1ccc(Br)cc1OC. The third-order valence-corrected chi connectivity index (χ3v) is 5.82. The zero-order valence-corrected chi connectivity index (χ0v) is 19.1. The van der Waals surface area contributed by atoms with Crippen molar-refractivity contribution in [3.8, 4) is 23.0 Å². The first-order valence-corrected chi connectivity index (χ1v) is 10.8. The summed E-state index contributed by atoms with van der Waals surface area (Å²) in [5.41, 5.74) is 0. The number of rotatable bonds is 5. The van der Waals surface area contributed by atoms with Crippen molar-refractivity contribution in [3.63, 3.8) is 0 Å². The van der Waals surface area contributed by atoms with Crippen LogP contribution in [0.25, 0.3) is 0 Å². The summed E-state index contributed by atoms with van der Waals surface area (Å²) < 4.78 is 43.7. The second-order valence-corrected chi connectivity index (χ2v) is 8.88. The molecule has 144 valence electrons. The Kier molecular flexibility index (Phi) is 9.02. The zero-order chi connectivity index (χ0) is 19.9. The molecule has 0 N–H and O–H groups in total. The first-order chi connectivity index (χ1) is 12.2. The molecule has 0 heterocycles. The summed E-state index contributed by atoms with van der Waals surface area (Å²) in [7, 11) is 7.54. The van der Waals surface area contributed by atoms with E-state index in [9.17, 15) is 8.42 Å². The normalized spacial score (nSPS) is 10.4. The van der Waals surface area contributed by atoms with Crippen molar-refractivity contribution >= 4 is 51.6 Å².